The average molecular weight is 154 g/mol. The van der Waals surface area contributed by atoms with E-state index in [-0.39, 0.29) is 5.76 Å². The molecule has 11 heavy (non-hydrogen) atoms. The predicted octanol–water partition coefficient (Wildman–Crippen LogP) is 1.52. The van der Waals surface area contributed by atoms with Crippen molar-refractivity contribution in [2.45, 2.75) is 20.3 Å². The fourth-order valence-corrected chi connectivity index (χ4v) is 0.948. The molecule has 0 aliphatic carbocycles. The van der Waals surface area contributed by atoms with Crippen LogP contribution in [0.25, 0.3) is 0 Å². The second-order valence-corrected chi connectivity index (χ2v) is 2.90. The quantitative estimate of drug-likeness (QED) is 0.342. The van der Waals surface area contributed by atoms with Crippen molar-refractivity contribution in [2.24, 2.45) is 0 Å². The van der Waals surface area contributed by atoms with Gasteiger partial charge in [0.2, 0.25) is 0 Å². The summed E-state index contributed by atoms with van der Waals surface area (Å²) in [5.41, 5.74) is 0.685. The second kappa shape index (κ2) is 2.95. The molecule has 0 aromatic heterocycles. The van der Waals surface area contributed by atoms with Crippen molar-refractivity contribution in [3.05, 3.63) is 11.3 Å². The van der Waals surface area contributed by atoms with Crippen molar-refractivity contribution in [1.29, 1.82) is 5.41 Å². The Balaban J connectivity index is 2.60. The molecular weight excluding hydrogens is 140 g/mol. The van der Waals surface area contributed by atoms with Crippen LogP contribution in [0.5, 0.6) is 0 Å². The first kappa shape index (κ1) is 8.11. The van der Waals surface area contributed by atoms with Crippen LogP contribution in [0, 0.1) is 5.41 Å². The molecule has 0 spiro atoms. The largest absolute Gasteiger partial charge is 0.512 e. The minimum Gasteiger partial charge on any atom is -0.512 e. The highest BCUT2D eigenvalue weighted by Gasteiger charge is 2.18. The van der Waals surface area contributed by atoms with E-state index in [1.807, 2.05) is 4.90 Å². The molecule has 1 rings (SSSR count). The van der Waals surface area contributed by atoms with Crippen molar-refractivity contribution in [2.75, 3.05) is 13.1 Å². The van der Waals surface area contributed by atoms with E-state index in [4.69, 9.17) is 10.5 Å². The third-order valence-corrected chi connectivity index (χ3v) is 2.07. The fraction of sp³-hybridized carbons (Fsp3) is 0.625. The number of likely N-dealkylation sites (tertiary alicyclic amines) is 1. The first-order chi connectivity index (χ1) is 5.13. The summed E-state index contributed by atoms with van der Waals surface area (Å²) in [6.07, 6.45) is 1.17. The maximum atomic E-state index is 9.07. The van der Waals surface area contributed by atoms with Crippen LogP contribution in [0.15, 0.2) is 11.3 Å². The lowest BCUT2D eigenvalue weighted by atomic mass is 10.1. The molecular formula is C8H14N2O. The summed E-state index contributed by atoms with van der Waals surface area (Å²) in [5.74, 6) is 0.721. The molecule has 0 aromatic rings. The maximum Gasteiger partial charge on any atom is 0.126 e. The van der Waals surface area contributed by atoms with E-state index in [9.17, 15) is 0 Å². The molecule has 1 heterocycles. The van der Waals surface area contributed by atoms with Gasteiger partial charge in [-0.1, -0.05) is 0 Å². The van der Waals surface area contributed by atoms with Gasteiger partial charge in [-0.05, 0) is 20.3 Å². The smallest absolute Gasteiger partial charge is 0.126 e. The first-order valence-electron chi connectivity index (χ1n) is 3.83. The summed E-state index contributed by atoms with van der Waals surface area (Å²) < 4.78 is 0. The standard InChI is InChI=1S/C8H14N2O/c1-6(7(2)11)8(9)10-4-3-5-10/h9,11H,3-5H2,1-2H3/b7-6+,9-8?. The molecule has 1 aliphatic rings. The third-order valence-electron chi connectivity index (χ3n) is 2.07. The Labute approximate surface area is 66.8 Å². The predicted molar refractivity (Wildman–Crippen MR) is 44.9 cm³/mol. The summed E-state index contributed by atoms with van der Waals surface area (Å²) >= 11 is 0. The lowest BCUT2D eigenvalue weighted by Crippen LogP contribution is -2.42. The number of aliphatic hydroxyl groups is 1. The summed E-state index contributed by atoms with van der Waals surface area (Å²) in [6, 6.07) is 0. The normalized spacial score (nSPS) is 18.9. The van der Waals surface area contributed by atoms with Crippen LogP contribution < -0.4 is 0 Å². The van der Waals surface area contributed by atoms with Crippen LogP contribution in [0.3, 0.4) is 0 Å². The second-order valence-electron chi connectivity index (χ2n) is 2.90. The summed E-state index contributed by atoms with van der Waals surface area (Å²) in [5, 5.41) is 16.7. The number of nitrogens with one attached hydrogen (secondary N) is 1. The molecule has 0 saturated carbocycles. The van der Waals surface area contributed by atoms with Crippen molar-refractivity contribution in [1.82, 2.24) is 4.90 Å². The molecule has 0 amide bonds. The van der Waals surface area contributed by atoms with Gasteiger partial charge in [-0.25, -0.2) is 0 Å². The average Bonchev–Trinajstić information content (AvgIpc) is 1.82. The fourth-order valence-electron chi connectivity index (χ4n) is 0.948. The molecule has 0 radical (unpaired) electrons. The minimum atomic E-state index is 0.252. The Bertz CT molecular complexity index is 200. The number of nitrogens with zero attached hydrogens (tertiary/aromatic N) is 1. The third kappa shape index (κ3) is 1.53. The van der Waals surface area contributed by atoms with Gasteiger partial charge in [0.05, 0.1) is 5.76 Å². The van der Waals surface area contributed by atoms with Crippen molar-refractivity contribution in [3.63, 3.8) is 0 Å². The summed E-state index contributed by atoms with van der Waals surface area (Å²) in [4.78, 5) is 1.95. The summed E-state index contributed by atoms with van der Waals surface area (Å²) in [7, 11) is 0. The zero-order valence-corrected chi connectivity index (χ0v) is 7.02. The highest BCUT2D eigenvalue weighted by molar-refractivity contribution is 5.95. The Morgan fingerprint density at radius 1 is 1.36 bits per heavy atom. The van der Waals surface area contributed by atoms with Gasteiger partial charge in [0.15, 0.2) is 0 Å². The van der Waals surface area contributed by atoms with E-state index in [0.29, 0.717) is 11.4 Å². The Hall–Kier alpha value is -0.990. The molecule has 1 fully saturated rings. The van der Waals surface area contributed by atoms with E-state index in [0.717, 1.165) is 13.1 Å². The molecule has 3 heteroatoms. The Morgan fingerprint density at radius 2 is 1.91 bits per heavy atom. The zero-order valence-electron chi connectivity index (χ0n) is 7.02. The molecule has 1 aliphatic heterocycles. The molecule has 2 N–H and O–H groups in total. The van der Waals surface area contributed by atoms with Gasteiger partial charge in [0.1, 0.15) is 5.84 Å². The van der Waals surface area contributed by atoms with Gasteiger partial charge in [-0.15, -0.1) is 0 Å². The first-order valence-corrected chi connectivity index (χ1v) is 3.83. The number of aliphatic hydroxyl groups excluding tert-OH is 1. The maximum absolute atomic E-state index is 9.07. The lowest BCUT2D eigenvalue weighted by Gasteiger charge is -2.33. The van der Waals surface area contributed by atoms with Gasteiger partial charge in [0, 0.05) is 18.7 Å². The van der Waals surface area contributed by atoms with Crippen LogP contribution in [-0.4, -0.2) is 28.9 Å². The van der Waals surface area contributed by atoms with Crippen LogP contribution in [0.4, 0.5) is 0 Å². The van der Waals surface area contributed by atoms with Crippen molar-refractivity contribution >= 4 is 5.84 Å². The Kier molecular flexibility index (Phi) is 2.17. The monoisotopic (exact) mass is 154 g/mol. The van der Waals surface area contributed by atoms with Gasteiger partial charge in [0.25, 0.3) is 0 Å². The number of allylic oxidation sites excluding steroid dienone is 1. The van der Waals surface area contributed by atoms with E-state index in [2.05, 4.69) is 0 Å². The van der Waals surface area contributed by atoms with E-state index >= 15 is 0 Å². The van der Waals surface area contributed by atoms with Crippen LogP contribution in [-0.2, 0) is 0 Å². The van der Waals surface area contributed by atoms with E-state index < -0.39 is 0 Å². The number of amidine groups is 1. The highest BCUT2D eigenvalue weighted by atomic mass is 16.3. The summed E-state index contributed by atoms with van der Waals surface area (Å²) in [6.45, 7) is 5.31. The zero-order chi connectivity index (χ0) is 8.43. The molecule has 1 saturated heterocycles. The van der Waals surface area contributed by atoms with Crippen molar-refractivity contribution in [3.8, 4) is 0 Å². The number of hydrogen-bond donors (Lipinski definition) is 2. The topological polar surface area (TPSA) is 47.3 Å². The van der Waals surface area contributed by atoms with Crippen molar-refractivity contribution < 1.29 is 5.11 Å². The van der Waals surface area contributed by atoms with Gasteiger partial charge in [-0.3, -0.25) is 5.41 Å². The van der Waals surface area contributed by atoms with Gasteiger partial charge in [-0.2, -0.15) is 0 Å². The number of rotatable bonds is 1. The van der Waals surface area contributed by atoms with Gasteiger partial charge < -0.3 is 10.0 Å². The van der Waals surface area contributed by atoms with Crippen LogP contribution >= 0.6 is 0 Å². The molecule has 0 atom stereocenters. The van der Waals surface area contributed by atoms with Crippen LogP contribution in [0.1, 0.15) is 20.3 Å². The SMILES string of the molecule is C/C(O)=C(/C)C(=N)N1CCC1. The number of hydrogen-bond acceptors (Lipinski definition) is 2. The Morgan fingerprint density at radius 3 is 2.18 bits per heavy atom. The highest BCUT2D eigenvalue weighted by Crippen LogP contribution is 2.12. The molecule has 3 nitrogen and oxygen atoms in total. The van der Waals surface area contributed by atoms with Crippen LogP contribution in [0.2, 0.25) is 0 Å². The van der Waals surface area contributed by atoms with E-state index in [1.165, 1.54) is 6.42 Å². The molecule has 0 bridgehead atoms. The minimum absolute atomic E-state index is 0.252. The van der Waals surface area contributed by atoms with Gasteiger partial charge >= 0.3 is 0 Å². The molecule has 62 valence electrons. The van der Waals surface area contributed by atoms with E-state index in [1.54, 1.807) is 13.8 Å². The molecule has 0 unspecified atom stereocenters. The lowest BCUT2D eigenvalue weighted by molar-refractivity contribution is 0.296. The molecule has 0 aromatic carbocycles.